The third-order valence-electron chi connectivity index (χ3n) is 1.39. The van der Waals surface area contributed by atoms with Crippen LogP contribution in [0, 0.1) is 0 Å². The summed E-state index contributed by atoms with van der Waals surface area (Å²) in [7, 11) is 0. The van der Waals surface area contributed by atoms with E-state index in [1.54, 1.807) is 3.80 Å². The van der Waals surface area contributed by atoms with Crippen LogP contribution < -0.4 is 0 Å². The molecule has 0 saturated carbocycles. The van der Waals surface area contributed by atoms with E-state index < -0.39 is 0 Å². The molecular weight excluding hydrogens is 231 g/mol. The molecule has 0 aliphatic rings. The van der Waals surface area contributed by atoms with Crippen molar-refractivity contribution in [1.82, 2.24) is 0 Å². The summed E-state index contributed by atoms with van der Waals surface area (Å²) in [6.07, 6.45) is 7.95. The molecule has 0 fully saturated rings. The zero-order valence-corrected chi connectivity index (χ0v) is 10.5. The van der Waals surface area contributed by atoms with Crippen molar-refractivity contribution in [3.63, 3.8) is 0 Å². The predicted molar refractivity (Wildman–Crippen MR) is 61.9 cm³/mol. The van der Waals surface area contributed by atoms with E-state index in [0.29, 0.717) is 15.0 Å². The van der Waals surface area contributed by atoms with Gasteiger partial charge in [-0.3, -0.25) is 0 Å². The predicted octanol–water partition coefficient (Wildman–Crippen LogP) is 3.69. The minimum absolute atomic E-state index is 0.668. The maximum absolute atomic E-state index is 3.72. The summed E-state index contributed by atoms with van der Waals surface area (Å²) in [5.74, 6) is 3.57. The summed E-state index contributed by atoms with van der Waals surface area (Å²) in [5, 5.41) is 0. The van der Waals surface area contributed by atoms with Crippen LogP contribution in [-0.2, 0) is 0 Å². The van der Waals surface area contributed by atoms with Crippen molar-refractivity contribution in [3.8, 4) is 0 Å². The first-order chi connectivity index (χ1) is 5.85. The molecule has 0 N–H and O–H groups in total. The molecule has 0 aliphatic heterocycles. The molecule has 0 saturated heterocycles. The van der Waals surface area contributed by atoms with Crippen LogP contribution in [0.4, 0.5) is 0 Å². The van der Waals surface area contributed by atoms with Crippen LogP contribution in [-0.4, -0.2) is 20.7 Å². The van der Waals surface area contributed by atoms with Crippen LogP contribution >= 0.6 is 11.8 Å². The monoisotopic (exact) mass is 250 g/mol. The van der Waals surface area contributed by atoms with E-state index in [1.807, 2.05) is 17.8 Å². The molecule has 0 unspecified atom stereocenters. The van der Waals surface area contributed by atoms with Crippen molar-refractivity contribution >= 4 is 26.7 Å². The molecule has 0 rings (SSSR count). The van der Waals surface area contributed by atoms with E-state index in [0.717, 1.165) is 6.42 Å². The van der Waals surface area contributed by atoms with E-state index >= 15 is 0 Å². The van der Waals surface area contributed by atoms with Gasteiger partial charge in [0.1, 0.15) is 0 Å². The third-order valence-corrected chi connectivity index (χ3v) is 5.14. The van der Waals surface area contributed by atoms with Crippen LogP contribution in [0.2, 0.25) is 5.82 Å². The van der Waals surface area contributed by atoms with Gasteiger partial charge >= 0.3 is 87.0 Å². The van der Waals surface area contributed by atoms with Gasteiger partial charge in [0.25, 0.3) is 0 Å². The number of hydrogen-bond donors (Lipinski definition) is 0. The molecule has 0 atom stereocenters. The molecule has 0 heterocycles. The van der Waals surface area contributed by atoms with Crippen LogP contribution in [0.15, 0.2) is 22.5 Å². The van der Waals surface area contributed by atoms with Gasteiger partial charge < -0.3 is 0 Å². The summed E-state index contributed by atoms with van der Waals surface area (Å²) in [6, 6.07) is 0. The van der Waals surface area contributed by atoms with E-state index in [-0.39, 0.29) is 0 Å². The van der Waals surface area contributed by atoms with E-state index in [9.17, 15) is 0 Å². The molecule has 0 nitrogen and oxygen atoms in total. The molecule has 0 aromatic carbocycles. The Kier molecular flexibility index (Phi) is 9.71. The summed E-state index contributed by atoms with van der Waals surface area (Å²) in [4.78, 5) is 0. The average Bonchev–Trinajstić information content (AvgIpc) is 2.11. The summed E-state index contributed by atoms with van der Waals surface area (Å²) >= 11 is 2.70. The first-order valence-electron chi connectivity index (χ1n) is 4.33. The molecule has 0 aromatic rings. The van der Waals surface area contributed by atoms with E-state index in [2.05, 4.69) is 25.4 Å². The molecule has 0 aliphatic carbocycles. The SMILES string of the molecule is C=CC/C=C(\SCCCC)[Se]C. The van der Waals surface area contributed by atoms with Gasteiger partial charge in [-0.05, 0) is 0 Å². The van der Waals surface area contributed by atoms with Gasteiger partial charge in [0, 0.05) is 0 Å². The fourth-order valence-corrected chi connectivity index (χ4v) is 3.48. The first kappa shape index (κ1) is 12.3. The van der Waals surface area contributed by atoms with Crippen LogP contribution in [0.1, 0.15) is 26.2 Å². The van der Waals surface area contributed by atoms with Gasteiger partial charge in [0.2, 0.25) is 0 Å². The molecule has 70 valence electrons. The molecule has 0 radical (unpaired) electrons. The van der Waals surface area contributed by atoms with E-state index in [4.69, 9.17) is 0 Å². The number of rotatable bonds is 7. The second-order valence-electron chi connectivity index (χ2n) is 2.45. The Hall–Kier alpha value is 0.349. The number of hydrogen-bond acceptors (Lipinski definition) is 1. The number of thioether (sulfide) groups is 1. The zero-order chi connectivity index (χ0) is 9.23. The first-order valence-corrected chi connectivity index (χ1v) is 7.88. The molecule has 12 heavy (non-hydrogen) atoms. The van der Waals surface area contributed by atoms with Gasteiger partial charge in [-0.25, -0.2) is 0 Å². The van der Waals surface area contributed by atoms with E-state index in [1.165, 1.54) is 18.6 Å². The van der Waals surface area contributed by atoms with Gasteiger partial charge in [0.15, 0.2) is 0 Å². The molecule has 0 spiro atoms. The van der Waals surface area contributed by atoms with Crippen LogP contribution in [0.25, 0.3) is 0 Å². The van der Waals surface area contributed by atoms with Crippen molar-refractivity contribution in [2.45, 2.75) is 32.0 Å². The molecule has 0 amide bonds. The van der Waals surface area contributed by atoms with Crippen LogP contribution in [0.5, 0.6) is 0 Å². The number of unbranched alkanes of at least 4 members (excludes halogenated alkanes) is 1. The van der Waals surface area contributed by atoms with Gasteiger partial charge in [-0.2, -0.15) is 0 Å². The van der Waals surface area contributed by atoms with Crippen molar-refractivity contribution in [3.05, 3.63) is 22.5 Å². The Labute approximate surface area is 87.0 Å². The number of allylic oxidation sites excluding steroid dienone is 2. The molecule has 0 bridgehead atoms. The maximum atomic E-state index is 3.72. The summed E-state index contributed by atoms with van der Waals surface area (Å²) in [5.41, 5.74) is 0. The second kappa shape index (κ2) is 9.44. The molecule has 2 heteroatoms. The fourth-order valence-electron chi connectivity index (χ4n) is 0.698. The van der Waals surface area contributed by atoms with Crippen molar-refractivity contribution < 1.29 is 0 Å². The summed E-state index contributed by atoms with van der Waals surface area (Å²) in [6.45, 7) is 5.96. The Morgan fingerprint density at radius 2 is 2.33 bits per heavy atom. The molecular formula is C10H18SSe. The van der Waals surface area contributed by atoms with Crippen molar-refractivity contribution in [2.24, 2.45) is 0 Å². The van der Waals surface area contributed by atoms with Crippen LogP contribution in [0.3, 0.4) is 0 Å². The normalized spacial score (nSPS) is 11.7. The Bertz CT molecular complexity index is 141. The summed E-state index contributed by atoms with van der Waals surface area (Å²) < 4.78 is 1.58. The van der Waals surface area contributed by atoms with Gasteiger partial charge in [0.05, 0.1) is 0 Å². The third kappa shape index (κ3) is 7.02. The quantitative estimate of drug-likeness (QED) is 0.377. The Morgan fingerprint density at radius 3 is 2.83 bits per heavy atom. The topological polar surface area (TPSA) is 0 Å². The van der Waals surface area contributed by atoms with Crippen molar-refractivity contribution in [2.75, 3.05) is 5.75 Å². The standard InChI is InChI=1S/C10H18SSe/c1-4-6-8-10(12-3)11-9-7-5-2/h4,8H,1,5-7,9H2,2-3H3/b10-8+. The average molecular weight is 249 g/mol. The van der Waals surface area contributed by atoms with Gasteiger partial charge in [-0.1, -0.05) is 0 Å². The van der Waals surface area contributed by atoms with Crippen molar-refractivity contribution in [1.29, 1.82) is 0 Å². The minimum atomic E-state index is 0.668. The molecule has 0 aromatic heterocycles. The Morgan fingerprint density at radius 1 is 1.58 bits per heavy atom. The Balaban J connectivity index is 3.58. The zero-order valence-electron chi connectivity index (χ0n) is 8.01. The van der Waals surface area contributed by atoms with Gasteiger partial charge in [-0.15, -0.1) is 0 Å². The fraction of sp³-hybridized carbons (Fsp3) is 0.600. The second-order valence-corrected chi connectivity index (χ2v) is 5.95.